The van der Waals surface area contributed by atoms with Crippen molar-refractivity contribution >= 4 is 34.8 Å². The van der Waals surface area contributed by atoms with E-state index in [0.29, 0.717) is 28.4 Å². The van der Waals surface area contributed by atoms with Gasteiger partial charge in [0.25, 0.3) is 11.8 Å². The average Bonchev–Trinajstić information content (AvgIpc) is 2.78. The van der Waals surface area contributed by atoms with Crippen LogP contribution in [0.3, 0.4) is 0 Å². The summed E-state index contributed by atoms with van der Waals surface area (Å²) in [6, 6.07) is 19.6. The van der Waals surface area contributed by atoms with E-state index < -0.39 is 0 Å². The highest BCUT2D eigenvalue weighted by Gasteiger charge is 2.24. The molecule has 3 aromatic rings. The van der Waals surface area contributed by atoms with Crippen molar-refractivity contribution in [3.63, 3.8) is 0 Å². The molecule has 0 saturated heterocycles. The van der Waals surface area contributed by atoms with Crippen LogP contribution in [0.2, 0.25) is 5.02 Å². The summed E-state index contributed by atoms with van der Waals surface area (Å²) >= 11 is 6.04. The molecule has 1 aliphatic rings. The predicted octanol–water partition coefficient (Wildman–Crippen LogP) is 5.19. The van der Waals surface area contributed by atoms with Gasteiger partial charge in [-0.25, -0.2) is 0 Å². The Morgan fingerprint density at radius 2 is 1.80 bits per heavy atom. The largest absolute Gasteiger partial charge is 0.497 e. The quantitative estimate of drug-likeness (QED) is 0.631. The third kappa shape index (κ3) is 4.16. The highest BCUT2D eigenvalue weighted by atomic mass is 35.5. The molecule has 1 N–H and O–H groups in total. The molecule has 0 bridgehead atoms. The van der Waals surface area contributed by atoms with Crippen LogP contribution in [0.4, 0.5) is 11.4 Å². The lowest BCUT2D eigenvalue weighted by Crippen LogP contribution is -2.35. The summed E-state index contributed by atoms with van der Waals surface area (Å²) in [6.45, 7) is 0.635. The van der Waals surface area contributed by atoms with Gasteiger partial charge in [0.1, 0.15) is 5.75 Å². The Kier molecular flexibility index (Phi) is 5.72. The Bertz CT molecular complexity index is 1100. The first-order valence-electron chi connectivity index (χ1n) is 9.71. The van der Waals surface area contributed by atoms with Crippen LogP contribution in [0, 0.1) is 0 Å². The van der Waals surface area contributed by atoms with Gasteiger partial charge in [-0.1, -0.05) is 17.7 Å². The number of rotatable bonds is 4. The normalized spacial score (nSPS) is 12.8. The summed E-state index contributed by atoms with van der Waals surface area (Å²) < 4.78 is 5.14. The number of amides is 2. The van der Waals surface area contributed by atoms with Crippen molar-refractivity contribution in [3.8, 4) is 5.75 Å². The van der Waals surface area contributed by atoms with Crippen molar-refractivity contribution in [1.82, 2.24) is 0 Å². The van der Waals surface area contributed by atoms with Gasteiger partial charge in [-0.15, -0.1) is 0 Å². The number of hydrogen-bond donors (Lipinski definition) is 1. The lowest BCUT2D eigenvalue weighted by molar-refractivity contribution is 0.0984. The number of benzene rings is 3. The molecule has 0 radical (unpaired) electrons. The summed E-state index contributed by atoms with van der Waals surface area (Å²) in [4.78, 5) is 27.5. The lowest BCUT2D eigenvalue weighted by atomic mass is 9.98. The zero-order valence-corrected chi connectivity index (χ0v) is 17.3. The number of carbonyl (C=O) groups excluding carboxylic acids is 2. The molecule has 0 aromatic heterocycles. The zero-order valence-electron chi connectivity index (χ0n) is 16.5. The van der Waals surface area contributed by atoms with Crippen LogP contribution in [0.1, 0.15) is 32.7 Å². The first-order chi connectivity index (χ1) is 14.5. The molecule has 0 fully saturated rings. The summed E-state index contributed by atoms with van der Waals surface area (Å²) in [5.74, 6) is 0.446. The zero-order chi connectivity index (χ0) is 21.1. The van der Waals surface area contributed by atoms with E-state index in [-0.39, 0.29) is 11.8 Å². The number of anilines is 2. The van der Waals surface area contributed by atoms with Gasteiger partial charge in [0.2, 0.25) is 0 Å². The van der Waals surface area contributed by atoms with Gasteiger partial charge < -0.3 is 15.0 Å². The van der Waals surface area contributed by atoms with E-state index in [0.717, 1.165) is 29.8 Å². The third-order valence-electron chi connectivity index (χ3n) is 5.12. The van der Waals surface area contributed by atoms with Crippen molar-refractivity contribution in [2.75, 3.05) is 23.9 Å². The maximum absolute atomic E-state index is 13.0. The van der Waals surface area contributed by atoms with E-state index in [2.05, 4.69) is 5.32 Å². The molecule has 1 aliphatic heterocycles. The van der Waals surface area contributed by atoms with Crippen LogP contribution >= 0.6 is 11.6 Å². The van der Waals surface area contributed by atoms with Crippen LogP contribution in [0.25, 0.3) is 0 Å². The monoisotopic (exact) mass is 420 g/mol. The Balaban J connectivity index is 1.55. The van der Waals surface area contributed by atoms with E-state index in [4.69, 9.17) is 16.3 Å². The second-order valence-corrected chi connectivity index (χ2v) is 7.53. The fourth-order valence-electron chi connectivity index (χ4n) is 3.60. The number of hydrogen-bond acceptors (Lipinski definition) is 3. The van der Waals surface area contributed by atoms with Crippen LogP contribution < -0.4 is 15.0 Å². The van der Waals surface area contributed by atoms with Gasteiger partial charge in [0, 0.05) is 34.1 Å². The third-order valence-corrected chi connectivity index (χ3v) is 5.36. The number of methoxy groups -OCH3 is 1. The minimum absolute atomic E-state index is 0.0890. The first-order valence-corrected chi connectivity index (χ1v) is 10.1. The molecule has 5 nitrogen and oxygen atoms in total. The fraction of sp³-hybridized carbons (Fsp3) is 0.167. The van der Waals surface area contributed by atoms with E-state index >= 15 is 0 Å². The highest BCUT2D eigenvalue weighted by Crippen LogP contribution is 2.30. The van der Waals surface area contributed by atoms with E-state index in [1.165, 1.54) is 0 Å². The number of fused-ring (bicyclic) bond motifs is 1. The van der Waals surface area contributed by atoms with Gasteiger partial charge in [-0.2, -0.15) is 0 Å². The Morgan fingerprint density at radius 1 is 1.00 bits per heavy atom. The Hall–Kier alpha value is -3.31. The van der Waals surface area contributed by atoms with Crippen molar-refractivity contribution in [3.05, 3.63) is 88.4 Å². The van der Waals surface area contributed by atoms with E-state index in [9.17, 15) is 9.59 Å². The molecule has 4 rings (SSSR count). The number of carbonyl (C=O) groups is 2. The van der Waals surface area contributed by atoms with Crippen LogP contribution in [0.15, 0.2) is 66.7 Å². The van der Waals surface area contributed by atoms with E-state index in [1.54, 1.807) is 66.6 Å². The molecule has 3 aromatic carbocycles. The fourth-order valence-corrected chi connectivity index (χ4v) is 3.79. The maximum Gasteiger partial charge on any atom is 0.258 e. The van der Waals surface area contributed by atoms with Gasteiger partial charge in [-0.3, -0.25) is 9.59 Å². The highest BCUT2D eigenvalue weighted by molar-refractivity contribution is 6.31. The van der Waals surface area contributed by atoms with Crippen LogP contribution in [-0.2, 0) is 6.42 Å². The topological polar surface area (TPSA) is 58.6 Å². The molecule has 0 aliphatic carbocycles. The smallest absolute Gasteiger partial charge is 0.258 e. The molecule has 0 unspecified atom stereocenters. The number of nitrogens with one attached hydrogen (secondary N) is 1. The maximum atomic E-state index is 13.0. The van der Waals surface area contributed by atoms with Gasteiger partial charge in [0.05, 0.1) is 7.11 Å². The number of aryl methyl sites for hydroxylation is 1. The van der Waals surface area contributed by atoms with Crippen LogP contribution in [0.5, 0.6) is 5.75 Å². The summed E-state index contributed by atoms with van der Waals surface area (Å²) in [5, 5.41) is 3.42. The molecule has 2 amide bonds. The second-order valence-electron chi connectivity index (χ2n) is 7.10. The van der Waals surface area contributed by atoms with Gasteiger partial charge in [-0.05, 0) is 79.1 Å². The molecule has 1 heterocycles. The first kappa shape index (κ1) is 20.0. The molecule has 30 heavy (non-hydrogen) atoms. The molecular formula is C24H21ClN2O3. The van der Waals surface area contributed by atoms with Crippen LogP contribution in [-0.4, -0.2) is 25.5 Å². The van der Waals surface area contributed by atoms with Crippen molar-refractivity contribution in [2.24, 2.45) is 0 Å². The minimum atomic E-state index is -0.193. The summed E-state index contributed by atoms with van der Waals surface area (Å²) in [7, 11) is 1.60. The molecule has 0 atom stereocenters. The number of ether oxygens (including phenoxy) is 1. The summed E-state index contributed by atoms with van der Waals surface area (Å²) in [6.07, 6.45) is 1.65. The van der Waals surface area contributed by atoms with Crippen molar-refractivity contribution < 1.29 is 14.3 Å². The van der Waals surface area contributed by atoms with E-state index in [1.807, 2.05) is 12.1 Å². The lowest BCUT2D eigenvalue weighted by Gasteiger charge is -2.30. The second kappa shape index (κ2) is 8.59. The van der Waals surface area contributed by atoms with Crippen molar-refractivity contribution in [1.29, 1.82) is 0 Å². The number of halogens is 1. The average molecular weight is 421 g/mol. The Morgan fingerprint density at radius 3 is 2.53 bits per heavy atom. The van der Waals surface area contributed by atoms with Crippen molar-refractivity contribution in [2.45, 2.75) is 12.8 Å². The summed E-state index contributed by atoms with van der Waals surface area (Å²) in [5.41, 5.74) is 3.63. The predicted molar refractivity (Wildman–Crippen MR) is 119 cm³/mol. The minimum Gasteiger partial charge on any atom is -0.497 e. The standard InChI is InChI=1S/C24H21ClN2O3/c1-30-21-10-8-20(9-11-21)26-23(28)17-7-12-22-16(14-17)5-3-13-27(22)24(29)18-4-2-6-19(25)15-18/h2,4,6-12,14-15H,3,5,13H2,1H3,(H,26,28). The molecule has 6 heteroatoms. The molecule has 0 saturated carbocycles. The molecular weight excluding hydrogens is 400 g/mol. The SMILES string of the molecule is COc1ccc(NC(=O)c2ccc3c(c2)CCCN3C(=O)c2cccc(Cl)c2)cc1. The van der Waals surface area contributed by atoms with Gasteiger partial charge in [0.15, 0.2) is 0 Å². The molecule has 152 valence electrons. The number of nitrogens with zero attached hydrogens (tertiary/aromatic N) is 1. The molecule has 0 spiro atoms. The van der Waals surface area contributed by atoms with Gasteiger partial charge >= 0.3 is 0 Å². The Labute approximate surface area is 180 Å².